The zero-order valence-electron chi connectivity index (χ0n) is 32.6. The van der Waals surface area contributed by atoms with E-state index in [2.05, 4.69) is 62.5 Å². The van der Waals surface area contributed by atoms with Crippen molar-refractivity contribution >= 4 is 17.9 Å². The Balaban J connectivity index is 4.50. The van der Waals surface area contributed by atoms with Gasteiger partial charge in [0, 0.05) is 19.3 Å². The summed E-state index contributed by atoms with van der Waals surface area (Å²) in [6, 6.07) is -0.622. The van der Waals surface area contributed by atoms with E-state index in [-0.39, 0.29) is 36.2 Å². The molecule has 0 rings (SSSR count). The molecule has 1 N–H and O–H groups in total. The predicted molar refractivity (Wildman–Crippen MR) is 206 cm³/mol. The highest BCUT2D eigenvalue weighted by atomic mass is 16.6. The van der Waals surface area contributed by atoms with E-state index in [0.29, 0.717) is 19.3 Å². The van der Waals surface area contributed by atoms with Crippen LogP contribution in [-0.2, 0) is 28.6 Å². The Morgan fingerprint density at radius 2 is 1.12 bits per heavy atom. The fourth-order valence-corrected chi connectivity index (χ4v) is 5.39. The summed E-state index contributed by atoms with van der Waals surface area (Å²) in [5.74, 6) is -1.54. The van der Waals surface area contributed by atoms with Crippen LogP contribution in [0, 0.1) is 0 Å². The van der Waals surface area contributed by atoms with E-state index in [1.54, 1.807) is 0 Å². The number of esters is 2. The normalized spacial score (nSPS) is 13.5. The topological polar surface area (TPSA) is 99.1 Å². The van der Waals surface area contributed by atoms with Gasteiger partial charge in [-0.05, 0) is 70.6 Å². The Kier molecular flexibility index (Phi) is 31.6. The Morgan fingerprint density at radius 1 is 0.620 bits per heavy atom. The predicted octanol–water partition coefficient (Wildman–Crippen LogP) is 10.1. The van der Waals surface area contributed by atoms with Gasteiger partial charge in [-0.1, -0.05) is 107 Å². The summed E-state index contributed by atoms with van der Waals surface area (Å²) >= 11 is 0. The number of hydrogen-bond acceptors (Lipinski definition) is 6. The first-order valence-electron chi connectivity index (χ1n) is 19.7. The third kappa shape index (κ3) is 31.3. The average Bonchev–Trinajstić information content (AvgIpc) is 3.06. The molecule has 288 valence electrons. The monoisotopic (exact) mass is 705 g/mol. The van der Waals surface area contributed by atoms with Crippen molar-refractivity contribution in [2.75, 3.05) is 41.0 Å². The highest BCUT2D eigenvalue weighted by Gasteiger charge is 2.31. The minimum Gasteiger partial charge on any atom is -0.477 e. The fraction of sp³-hybridized carbons (Fsp3) is 0.738. The van der Waals surface area contributed by atoms with Crippen LogP contribution in [0.2, 0.25) is 0 Å². The van der Waals surface area contributed by atoms with E-state index in [0.717, 1.165) is 70.6 Å². The highest BCUT2D eigenvalue weighted by molar-refractivity contribution is 5.72. The zero-order chi connectivity index (χ0) is 37.1. The van der Waals surface area contributed by atoms with Gasteiger partial charge in [0.15, 0.2) is 12.1 Å². The molecule has 0 aliphatic rings. The van der Waals surface area contributed by atoms with E-state index in [1.165, 1.54) is 44.9 Å². The molecular weight excluding hydrogens is 630 g/mol. The lowest BCUT2D eigenvalue weighted by molar-refractivity contribution is -0.887. The van der Waals surface area contributed by atoms with Crippen molar-refractivity contribution in [1.29, 1.82) is 0 Å². The molecule has 0 heterocycles. The molecule has 0 fully saturated rings. The van der Waals surface area contributed by atoms with Crippen LogP contribution in [0.4, 0.5) is 0 Å². The number of carboxylic acids is 1. The van der Waals surface area contributed by atoms with Gasteiger partial charge in [0.1, 0.15) is 6.61 Å². The van der Waals surface area contributed by atoms with E-state index in [9.17, 15) is 19.5 Å². The molecule has 8 nitrogen and oxygen atoms in total. The quantitative estimate of drug-likeness (QED) is 0.0308. The summed E-state index contributed by atoms with van der Waals surface area (Å²) in [7, 11) is 5.50. The molecule has 0 aliphatic heterocycles. The SMILES string of the molecule is CC/C=C/C/C=C/C/C=C/CCCCC(=O)OCC(COCCC(C(=O)O)[N+](C)(C)C)OC(=O)CCCCC/C=C/CCCCCCCCC. The summed E-state index contributed by atoms with van der Waals surface area (Å²) in [5.41, 5.74) is 0. The summed E-state index contributed by atoms with van der Waals surface area (Å²) in [4.78, 5) is 36.8. The number of nitrogens with zero attached hydrogens (tertiary/aromatic N) is 1. The molecule has 0 radical (unpaired) electrons. The minimum absolute atomic E-state index is 0.0418. The Hall–Kier alpha value is -2.71. The number of carbonyl (C=O) groups excluding carboxylic acids is 2. The molecule has 0 aromatic heterocycles. The lowest BCUT2D eigenvalue weighted by Gasteiger charge is -2.31. The van der Waals surface area contributed by atoms with Gasteiger partial charge in [-0.25, -0.2) is 4.79 Å². The number of unbranched alkanes of at least 4 members (excludes halogenated alkanes) is 12. The molecule has 0 spiro atoms. The maximum Gasteiger partial charge on any atom is 0.362 e. The number of aliphatic carboxylic acids is 1. The largest absolute Gasteiger partial charge is 0.477 e. The Bertz CT molecular complexity index is 964. The molecule has 0 saturated carbocycles. The van der Waals surface area contributed by atoms with Crippen molar-refractivity contribution in [3.05, 3.63) is 48.6 Å². The average molecular weight is 705 g/mol. The summed E-state index contributed by atoms with van der Waals surface area (Å²) in [6.07, 6.45) is 37.3. The van der Waals surface area contributed by atoms with Crippen LogP contribution in [0.15, 0.2) is 48.6 Å². The van der Waals surface area contributed by atoms with Crippen LogP contribution < -0.4 is 0 Å². The molecule has 0 aliphatic carbocycles. The van der Waals surface area contributed by atoms with Crippen LogP contribution in [-0.4, -0.2) is 80.6 Å². The number of ether oxygens (including phenoxy) is 3. The number of allylic oxidation sites excluding steroid dienone is 8. The molecule has 50 heavy (non-hydrogen) atoms. The maximum absolute atomic E-state index is 12.6. The van der Waals surface area contributed by atoms with Crippen molar-refractivity contribution in [1.82, 2.24) is 0 Å². The van der Waals surface area contributed by atoms with Crippen molar-refractivity contribution in [2.45, 2.75) is 161 Å². The number of rotatable bonds is 34. The lowest BCUT2D eigenvalue weighted by atomic mass is 10.1. The Morgan fingerprint density at radius 3 is 1.72 bits per heavy atom. The van der Waals surface area contributed by atoms with Gasteiger partial charge >= 0.3 is 17.9 Å². The fourth-order valence-electron chi connectivity index (χ4n) is 5.39. The van der Waals surface area contributed by atoms with Crippen molar-refractivity contribution in [3.8, 4) is 0 Å². The van der Waals surface area contributed by atoms with Gasteiger partial charge in [-0.15, -0.1) is 0 Å². The number of likely N-dealkylation sites (N-methyl/N-ethyl adjacent to an activating group) is 1. The maximum atomic E-state index is 12.6. The summed E-state index contributed by atoms with van der Waals surface area (Å²) < 4.78 is 17.1. The van der Waals surface area contributed by atoms with Crippen LogP contribution in [0.3, 0.4) is 0 Å². The van der Waals surface area contributed by atoms with Crippen molar-refractivity contribution in [3.63, 3.8) is 0 Å². The van der Waals surface area contributed by atoms with Gasteiger partial charge in [-0.2, -0.15) is 0 Å². The van der Waals surface area contributed by atoms with Crippen LogP contribution in [0.25, 0.3) is 0 Å². The summed E-state index contributed by atoms with van der Waals surface area (Å²) in [5, 5.41) is 9.58. The smallest absolute Gasteiger partial charge is 0.362 e. The molecule has 0 bridgehead atoms. The number of hydrogen-bond donors (Lipinski definition) is 1. The number of carbonyl (C=O) groups is 3. The highest BCUT2D eigenvalue weighted by Crippen LogP contribution is 2.12. The van der Waals surface area contributed by atoms with Gasteiger partial charge in [0.05, 0.1) is 34.4 Å². The second kappa shape index (κ2) is 33.4. The van der Waals surface area contributed by atoms with Crippen LogP contribution in [0.5, 0.6) is 0 Å². The molecule has 2 unspecified atom stereocenters. The van der Waals surface area contributed by atoms with E-state index < -0.39 is 18.1 Å². The van der Waals surface area contributed by atoms with E-state index in [4.69, 9.17) is 14.2 Å². The van der Waals surface area contributed by atoms with Crippen LogP contribution in [0.1, 0.15) is 149 Å². The van der Waals surface area contributed by atoms with E-state index >= 15 is 0 Å². The van der Waals surface area contributed by atoms with Gasteiger partial charge in [0.25, 0.3) is 0 Å². The van der Waals surface area contributed by atoms with Gasteiger partial charge in [0.2, 0.25) is 0 Å². The van der Waals surface area contributed by atoms with E-state index in [1.807, 2.05) is 21.1 Å². The molecule has 0 amide bonds. The van der Waals surface area contributed by atoms with Gasteiger partial charge < -0.3 is 23.8 Å². The van der Waals surface area contributed by atoms with Crippen LogP contribution >= 0.6 is 0 Å². The first kappa shape index (κ1) is 47.3. The third-order valence-corrected chi connectivity index (χ3v) is 8.46. The standard InChI is InChI=1S/C42H73NO7/c1-6-8-10-12-14-16-18-20-21-23-25-27-29-31-33-41(45)50-38(36-48-35-34-39(42(46)47)43(3,4)5)37-49-40(44)32-30-28-26-24-22-19-17-15-13-11-9-7-2/h9,11,15,17,21-24,38-39H,6-8,10,12-14,16,18-20,25-37H2,1-5H3/p+1/b11-9+,17-15+,23-21+,24-22+. The lowest BCUT2D eigenvalue weighted by Crippen LogP contribution is -2.50. The number of quaternary nitrogens is 1. The number of carboxylic acid groups (broad SMARTS) is 1. The Labute approximate surface area is 306 Å². The van der Waals surface area contributed by atoms with Gasteiger partial charge in [-0.3, -0.25) is 9.59 Å². The molecule has 8 heteroatoms. The first-order chi connectivity index (χ1) is 24.1. The second-order valence-electron chi connectivity index (χ2n) is 14.1. The van der Waals surface area contributed by atoms with Crippen molar-refractivity contribution in [2.24, 2.45) is 0 Å². The molecule has 2 atom stereocenters. The molecule has 0 aromatic carbocycles. The molecular formula is C42H74NO7+. The van der Waals surface area contributed by atoms with Crippen molar-refractivity contribution < 1.29 is 38.2 Å². The summed E-state index contributed by atoms with van der Waals surface area (Å²) in [6.45, 7) is 4.54. The first-order valence-corrected chi connectivity index (χ1v) is 19.7. The third-order valence-electron chi connectivity index (χ3n) is 8.46. The molecule has 0 saturated heterocycles. The molecule has 0 aromatic rings. The minimum atomic E-state index is -0.885. The second-order valence-corrected chi connectivity index (χ2v) is 14.1. The zero-order valence-corrected chi connectivity index (χ0v) is 32.6.